The van der Waals surface area contributed by atoms with Crippen molar-refractivity contribution in [3.8, 4) is 0 Å². The highest BCUT2D eigenvalue weighted by atomic mass is 16.1. The van der Waals surface area contributed by atoms with Crippen molar-refractivity contribution in [2.24, 2.45) is 0 Å². The number of piperidine rings is 1. The van der Waals surface area contributed by atoms with Gasteiger partial charge in [-0.2, -0.15) is 0 Å². The van der Waals surface area contributed by atoms with E-state index in [0.717, 1.165) is 19.5 Å². The van der Waals surface area contributed by atoms with E-state index in [1.807, 2.05) is 6.92 Å². The second-order valence-electron chi connectivity index (χ2n) is 5.46. The predicted molar refractivity (Wildman–Crippen MR) is 75.7 cm³/mol. The predicted octanol–water partition coefficient (Wildman–Crippen LogP) is 1.37. The fourth-order valence-electron chi connectivity index (χ4n) is 2.32. The van der Waals surface area contributed by atoms with E-state index in [1.54, 1.807) is 0 Å². The van der Waals surface area contributed by atoms with Gasteiger partial charge in [-0.05, 0) is 39.8 Å². The Morgan fingerprint density at radius 2 is 2.22 bits per heavy atom. The van der Waals surface area contributed by atoms with E-state index in [9.17, 15) is 4.79 Å². The number of nitrogens with one attached hydrogen (secondary N) is 2. The molecule has 0 spiro atoms. The summed E-state index contributed by atoms with van der Waals surface area (Å²) in [5.74, 6) is 0.161. The van der Waals surface area contributed by atoms with Crippen LogP contribution in [0.1, 0.15) is 46.0 Å². The molecule has 0 aromatic carbocycles. The molecule has 0 aliphatic carbocycles. The van der Waals surface area contributed by atoms with Crippen LogP contribution in [0.15, 0.2) is 0 Å². The van der Waals surface area contributed by atoms with Gasteiger partial charge in [0.05, 0.1) is 0 Å². The number of hydrogen-bond donors (Lipinski definition) is 2. The van der Waals surface area contributed by atoms with Crippen LogP contribution < -0.4 is 10.6 Å². The van der Waals surface area contributed by atoms with Crippen molar-refractivity contribution in [3.63, 3.8) is 0 Å². The summed E-state index contributed by atoms with van der Waals surface area (Å²) >= 11 is 0. The van der Waals surface area contributed by atoms with Crippen LogP contribution in [0.2, 0.25) is 0 Å². The Morgan fingerprint density at radius 1 is 1.44 bits per heavy atom. The van der Waals surface area contributed by atoms with Crippen molar-refractivity contribution in [2.75, 3.05) is 26.7 Å². The van der Waals surface area contributed by atoms with Gasteiger partial charge >= 0.3 is 0 Å². The van der Waals surface area contributed by atoms with Crippen LogP contribution in [-0.2, 0) is 4.79 Å². The molecule has 2 N–H and O–H groups in total. The largest absolute Gasteiger partial charge is 0.354 e. The molecule has 0 radical (unpaired) electrons. The van der Waals surface area contributed by atoms with E-state index in [4.69, 9.17) is 0 Å². The first kappa shape index (κ1) is 15.4. The maximum atomic E-state index is 11.6. The van der Waals surface area contributed by atoms with Crippen molar-refractivity contribution >= 4 is 5.91 Å². The number of amides is 1. The summed E-state index contributed by atoms with van der Waals surface area (Å²) in [4.78, 5) is 14.0. The molecule has 4 heteroatoms. The van der Waals surface area contributed by atoms with Crippen molar-refractivity contribution in [1.29, 1.82) is 0 Å². The molecule has 4 nitrogen and oxygen atoms in total. The van der Waals surface area contributed by atoms with Gasteiger partial charge in [-0.15, -0.1) is 0 Å². The maximum absolute atomic E-state index is 11.6. The molecule has 106 valence electrons. The average molecular weight is 255 g/mol. The topological polar surface area (TPSA) is 44.4 Å². The summed E-state index contributed by atoms with van der Waals surface area (Å²) in [5, 5.41) is 6.39. The molecule has 1 heterocycles. The molecule has 1 rings (SSSR count). The monoisotopic (exact) mass is 255 g/mol. The molecule has 0 aromatic heterocycles. The summed E-state index contributed by atoms with van der Waals surface area (Å²) in [6.07, 6.45) is 5.52. The molecule has 1 saturated heterocycles. The van der Waals surface area contributed by atoms with Gasteiger partial charge in [-0.1, -0.05) is 13.3 Å². The summed E-state index contributed by atoms with van der Waals surface area (Å²) < 4.78 is 0. The zero-order valence-electron chi connectivity index (χ0n) is 12.2. The van der Waals surface area contributed by atoms with Crippen LogP contribution in [-0.4, -0.2) is 49.6 Å². The van der Waals surface area contributed by atoms with Gasteiger partial charge in [0.15, 0.2) is 0 Å². The smallest absolute Gasteiger partial charge is 0.221 e. The van der Waals surface area contributed by atoms with E-state index in [1.165, 1.54) is 25.8 Å². The summed E-state index contributed by atoms with van der Waals surface area (Å²) in [7, 11) is 2.20. The first-order valence-corrected chi connectivity index (χ1v) is 7.33. The van der Waals surface area contributed by atoms with Gasteiger partial charge in [-0.3, -0.25) is 4.79 Å². The molecule has 1 amide bonds. The lowest BCUT2D eigenvalue weighted by Gasteiger charge is -2.32. The van der Waals surface area contributed by atoms with Crippen molar-refractivity contribution in [1.82, 2.24) is 15.5 Å². The molecule has 0 saturated carbocycles. The third kappa shape index (κ3) is 5.83. The first-order valence-electron chi connectivity index (χ1n) is 7.33. The molecular weight excluding hydrogens is 226 g/mol. The number of nitrogens with zero attached hydrogens (tertiary/aromatic N) is 1. The Labute approximate surface area is 111 Å². The second kappa shape index (κ2) is 8.48. The molecular formula is C14H29N3O. The van der Waals surface area contributed by atoms with Gasteiger partial charge in [0.2, 0.25) is 5.91 Å². The molecule has 1 fully saturated rings. The highest BCUT2D eigenvalue weighted by molar-refractivity contribution is 5.76. The van der Waals surface area contributed by atoms with Crippen molar-refractivity contribution in [3.05, 3.63) is 0 Å². The van der Waals surface area contributed by atoms with Gasteiger partial charge in [-0.25, -0.2) is 0 Å². The Bertz CT molecular complexity index is 245. The SMILES string of the molecule is CCC(C)NC(=O)CCNCC1CCCCN1C. The Balaban J connectivity index is 2.05. The Kier molecular flexibility index (Phi) is 7.28. The number of rotatable bonds is 7. The lowest BCUT2D eigenvalue weighted by molar-refractivity contribution is -0.121. The Morgan fingerprint density at radius 3 is 2.89 bits per heavy atom. The fourth-order valence-corrected chi connectivity index (χ4v) is 2.32. The molecule has 1 aliphatic heterocycles. The van der Waals surface area contributed by atoms with E-state index < -0.39 is 0 Å². The first-order chi connectivity index (χ1) is 8.63. The molecule has 0 bridgehead atoms. The van der Waals surface area contributed by atoms with Crippen LogP contribution in [0.3, 0.4) is 0 Å². The van der Waals surface area contributed by atoms with E-state index >= 15 is 0 Å². The minimum Gasteiger partial charge on any atom is -0.354 e. The summed E-state index contributed by atoms with van der Waals surface area (Å²) in [6.45, 7) is 7.13. The minimum absolute atomic E-state index is 0.161. The summed E-state index contributed by atoms with van der Waals surface area (Å²) in [5.41, 5.74) is 0. The summed E-state index contributed by atoms with van der Waals surface area (Å²) in [6, 6.07) is 0.943. The number of likely N-dealkylation sites (tertiary alicyclic amines) is 1. The Hall–Kier alpha value is -0.610. The van der Waals surface area contributed by atoms with Gasteiger partial charge in [0, 0.05) is 31.6 Å². The zero-order chi connectivity index (χ0) is 13.4. The number of carbonyl (C=O) groups excluding carboxylic acids is 1. The van der Waals surface area contributed by atoms with Crippen molar-refractivity contribution < 1.29 is 4.79 Å². The van der Waals surface area contributed by atoms with Gasteiger partial charge in [0.1, 0.15) is 0 Å². The van der Waals surface area contributed by atoms with Crippen LogP contribution in [0.5, 0.6) is 0 Å². The van der Waals surface area contributed by atoms with Gasteiger partial charge in [0.25, 0.3) is 0 Å². The standard InChI is InChI=1S/C14H29N3O/c1-4-12(2)16-14(18)8-9-15-11-13-7-5-6-10-17(13)3/h12-13,15H,4-11H2,1-3H3,(H,16,18). The zero-order valence-corrected chi connectivity index (χ0v) is 12.2. The van der Waals surface area contributed by atoms with E-state index in [0.29, 0.717) is 18.5 Å². The number of hydrogen-bond acceptors (Lipinski definition) is 3. The van der Waals surface area contributed by atoms with Crippen LogP contribution in [0.25, 0.3) is 0 Å². The van der Waals surface area contributed by atoms with Gasteiger partial charge < -0.3 is 15.5 Å². The minimum atomic E-state index is 0.161. The lowest BCUT2D eigenvalue weighted by atomic mass is 10.0. The van der Waals surface area contributed by atoms with E-state index in [-0.39, 0.29) is 5.91 Å². The van der Waals surface area contributed by atoms with Crippen LogP contribution in [0, 0.1) is 0 Å². The molecule has 2 atom stereocenters. The molecule has 0 aromatic rings. The molecule has 18 heavy (non-hydrogen) atoms. The van der Waals surface area contributed by atoms with Crippen molar-refractivity contribution in [2.45, 2.75) is 58.0 Å². The molecule has 1 aliphatic rings. The third-order valence-corrected chi connectivity index (χ3v) is 3.85. The van der Waals surface area contributed by atoms with E-state index in [2.05, 4.69) is 29.5 Å². The number of carbonyl (C=O) groups is 1. The highest BCUT2D eigenvalue weighted by Crippen LogP contribution is 2.13. The number of likely N-dealkylation sites (N-methyl/N-ethyl adjacent to an activating group) is 1. The van der Waals surface area contributed by atoms with Crippen LogP contribution in [0.4, 0.5) is 0 Å². The lowest BCUT2D eigenvalue weighted by Crippen LogP contribution is -2.43. The third-order valence-electron chi connectivity index (χ3n) is 3.85. The van der Waals surface area contributed by atoms with Crippen LogP contribution >= 0.6 is 0 Å². The highest BCUT2D eigenvalue weighted by Gasteiger charge is 2.17. The maximum Gasteiger partial charge on any atom is 0.221 e. The normalized spacial score (nSPS) is 22.7. The quantitative estimate of drug-likeness (QED) is 0.675. The fraction of sp³-hybridized carbons (Fsp3) is 0.929. The average Bonchev–Trinajstić information content (AvgIpc) is 2.36. The second-order valence-corrected chi connectivity index (χ2v) is 5.46. The molecule has 2 unspecified atom stereocenters.